The summed E-state index contributed by atoms with van der Waals surface area (Å²) < 4.78 is 46.0. The molecule has 2 aliphatic rings. The number of hydrogen-bond donors (Lipinski definition) is 1. The quantitative estimate of drug-likeness (QED) is 0.888. The van der Waals surface area contributed by atoms with E-state index in [1.165, 1.54) is 12.1 Å². The second-order valence-electron chi connectivity index (χ2n) is 6.68. The van der Waals surface area contributed by atoms with Crippen LogP contribution >= 0.6 is 0 Å². The average Bonchev–Trinajstić information content (AvgIpc) is 3.27. The van der Waals surface area contributed by atoms with Crippen LogP contribution in [0.25, 0.3) is 0 Å². The maximum atomic E-state index is 12.7. The number of rotatable bonds is 3. The normalized spacial score (nSPS) is 19.8. The molecule has 3 heterocycles. The molecule has 1 unspecified atom stereocenters. The fourth-order valence-corrected chi connectivity index (χ4v) is 3.62. The number of nitrogens with zero attached hydrogens (tertiary/aromatic N) is 2. The summed E-state index contributed by atoms with van der Waals surface area (Å²) in [6, 6.07) is 4.99. The third-order valence-electron chi connectivity index (χ3n) is 4.92. The number of amides is 1. The molecule has 0 bridgehead atoms. The van der Waals surface area contributed by atoms with Gasteiger partial charge in [-0.15, -0.1) is 13.2 Å². The Morgan fingerprint density at radius 1 is 1.30 bits per heavy atom. The van der Waals surface area contributed by atoms with Crippen LogP contribution in [0.3, 0.4) is 0 Å². The number of aromatic amines is 1. The van der Waals surface area contributed by atoms with Crippen LogP contribution in [0, 0.1) is 0 Å². The van der Waals surface area contributed by atoms with Gasteiger partial charge in [0.05, 0.1) is 18.9 Å². The van der Waals surface area contributed by atoms with E-state index in [2.05, 4.69) is 14.9 Å². The second-order valence-corrected chi connectivity index (χ2v) is 6.68. The summed E-state index contributed by atoms with van der Waals surface area (Å²) >= 11 is 0. The van der Waals surface area contributed by atoms with Crippen molar-refractivity contribution < 1.29 is 27.4 Å². The molecule has 2 aromatic rings. The van der Waals surface area contributed by atoms with Crippen LogP contribution in [0.5, 0.6) is 5.75 Å². The van der Waals surface area contributed by atoms with Crippen LogP contribution in [0.4, 0.5) is 13.2 Å². The number of benzene rings is 1. The molecule has 0 aliphatic carbocycles. The van der Waals surface area contributed by atoms with Crippen molar-refractivity contribution >= 4 is 5.91 Å². The number of likely N-dealkylation sites (tertiary alicyclic amines) is 1. The zero-order valence-electron chi connectivity index (χ0n) is 14.4. The number of H-pyrrole nitrogens is 1. The first kappa shape index (κ1) is 17.8. The van der Waals surface area contributed by atoms with Gasteiger partial charge < -0.3 is 14.4 Å². The first-order chi connectivity index (χ1) is 12.9. The zero-order chi connectivity index (χ0) is 19.0. The lowest BCUT2D eigenvalue weighted by Gasteiger charge is -2.18. The molecule has 1 aromatic carbocycles. The minimum absolute atomic E-state index is 0.128. The first-order valence-corrected chi connectivity index (χ1v) is 8.69. The van der Waals surface area contributed by atoms with Gasteiger partial charge in [-0.2, -0.15) is 5.10 Å². The van der Waals surface area contributed by atoms with Gasteiger partial charge in [-0.05, 0) is 30.7 Å². The van der Waals surface area contributed by atoms with E-state index in [1.54, 1.807) is 4.90 Å². The van der Waals surface area contributed by atoms with Crippen LogP contribution in [0.2, 0.25) is 0 Å². The molecule has 1 aromatic heterocycles. The Balaban J connectivity index is 1.43. The van der Waals surface area contributed by atoms with Gasteiger partial charge in [0, 0.05) is 42.2 Å². The van der Waals surface area contributed by atoms with Crippen LogP contribution in [0.15, 0.2) is 24.3 Å². The van der Waals surface area contributed by atoms with Gasteiger partial charge in [0.1, 0.15) is 5.75 Å². The smallest absolute Gasteiger partial charge is 0.406 e. The van der Waals surface area contributed by atoms with Crippen molar-refractivity contribution in [2.45, 2.75) is 31.7 Å². The van der Waals surface area contributed by atoms with E-state index < -0.39 is 6.36 Å². The number of fused-ring (bicyclic) bond motifs is 1. The number of carbonyl (C=O) groups is 1. The van der Waals surface area contributed by atoms with Crippen molar-refractivity contribution in [3.63, 3.8) is 0 Å². The van der Waals surface area contributed by atoms with Crippen molar-refractivity contribution in [1.29, 1.82) is 0 Å². The molecule has 1 saturated heterocycles. The molecular weight excluding hydrogens is 363 g/mol. The monoisotopic (exact) mass is 381 g/mol. The highest BCUT2D eigenvalue weighted by Crippen LogP contribution is 2.32. The van der Waals surface area contributed by atoms with Crippen LogP contribution in [-0.2, 0) is 17.8 Å². The minimum Gasteiger partial charge on any atom is -0.406 e. The molecule has 6 nitrogen and oxygen atoms in total. The summed E-state index contributed by atoms with van der Waals surface area (Å²) in [5.41, 5.74) is 3.47. The summed E-state index contributed by atoms with van der Waals surface area (Å²) in [6.45, 7) is 2.31. The fourth-order valence-electron chi connectivity index (χ4n) is 3.62. The number of ether oxygens (including phenoxy) is 2. The summed E-state index contributed by atoms with van der Waals surface area (Å²) in [5.74, 6) is -0.429. The molecular formula is C18H18F3N3O3. The van der Waals surface area contributed by atoms with Gasteiger partial charge in [0.15, 0.2) is 0 Å². The molecule has 1 N–H and O–H groups in total. The third kappa shape index (κ3) is 3.78. The maximum absolute atomic E-state index is 12.7. The standard InChI is InChI=1S/C18H18F3N3O3/c19-18(20,21)27-13-3-1-11(2-4-13)17(25)24-7-5-12(9-24)16-14-10-26-8-6-15(14)22-23-16/h1-4,12H,5-10H2,(H,22,23). The van der Waals surface area contributed by atoms with Crippen molar-refractivity contribution in [2.75, 3.05) is 19.7 Å². The number of aromatic nitrogens is 2. The highest BCUT2D eigenvalue weighted by atomic mass is 19.4. The summed E-state index contributed by atoms with van der Waals surface area (Å²) in [7, 11) is 0. The molecule has 0 spiro atoms. The lowest BCUT2D eigenvalue weighted by Crippen LogP contribution is -2.28. The lowest BCUT2D eigenvalue weighted by molar-refractivity contribution is -0.274. The van der Waals surface area contributed by atoms with Gasteiger partial charge in [-0.1, -0.05) is 0 Å². The number of alkyl halides is 3. The summed E-state index contributed by atoms with van der Waals surface area (Å²) in [5, 5.41) is 7.49. The van der Waals surface area contributed by atoms with Gasteiger partial charge in [0.2, 0.25) is 0 Å². The maximum Gasteiger partial charge on any atom is 0.573 e. The lowest BCUT2D eigenvalue weighted by atomic mass is 9.98. The third-order valence-corrected chi connectivity index (χ3v) is 4.92. The van der Waals surface area contributed by atoms with Gasteiger partial charge in [0.25, 0.3) is 5.91 Å². The van der Waals surface area contributed by atoms with E-state index in [9.17, 15) is 18.0 Å². The van der Waals surface area contributed by atoms with E-state index in [0.717, 1.165) is 41.9 Å². The molecule has 1 fully saturated rings. The molecule has 4 rings (SSSR count). The summed E-state index contributed by atoms with van der Waals surface area (Å²) in [6.07, 6.45) is -3.15. The minimum atomic E-state index is -4.75. The number of halogens is 3. The molecule has 144 valence electrons. The predicted octanol–water partition coefficient (Wildman–Crippen LogP) is 3.01. The molecule has 0 radical (unpaired) electrons. The van der Waals surface area contributed by atoms with Gasteiger partial charge >= 0.3 is 6.36 Å². The molecule has 0 saturated carbocycles. The molecule has 1 amide bonds. The van der Waals surface area contributed by atoms with Crippen LogP contribution in [0.1, 0.15) is 39.6 Å². The second kappa shape index (κ2) is 6.88. The Bertz CT molecular complexity index is 833. The van der Waals surface area contributed by atoms with Gasteiger partial charge in [-0.3, -0.25) is 9.89 Å². The SMILES string of the molecule is O=C(c1ccc(OC(F)(F)F)cc1)N1CCC(c2n[nH]c3c2COCC3)C1. The predicted molar refractivity (Wildman–Crippen MR) is 88.3 cm³/mol. The van der Waals surface area contributed by atoms with E-state index in [1.807, 2.05) is 0 Å². The highest BCUT2D eigenvalue weighted by molar-refractivity contribution is 5.94. The molecule has 9 heteroatoms. The Labute approximate surface area is 153 Å². The van der Waals surface area contributed by atoms with Crippen molar-refractivity contribution in [3.8, 4) is 5.75 Å². The van der Waals surface area contributed by atoms with Crippen molar-refractivity contribution in [1.82, 2.24) is 15.1 Å². The highest BCUT2D eigenvalue weighted by Gasteiger charge is 2.33. The van der Waals surface area contributed by atoms with Gasteiger partial charge in [-0.25, -0.2) is 0 Å². The van der Waals surface area contributed by atoms with Crippen LogP contribution < -0.4 is 4.74 Å². The topological polar surface area (TPSA) is 67.5 Å². The van der Waals surface area contributed by atoms with E-state index >= 15 is 0 Å². The number of carbonyl (C=O) groups excluding carboxylic acids is 1. The van der Waals surface area contributed by atoms with E-state index in [0.29, 0.717) is 31.9 Å². The molecule has 2 aliphatic heterocycles. The molecule has 27 heavy (non-hydrogen) atoms. The largest absolute Gasteiger partial charge is 0.573 e. The molecule has 1 atom stereocenters. The summed E-state index contributed by atoms with van der Waals surface area (Å²) in [4.78, 5) is 14.4. The van der Waals surface area contributed by atoms with Crippen molar-refractivity contribution in [2.24, 2.45) is 0 Å². The van der Waals surface area contributed by atoms with Crippen molar-refractivity contribution in [3.05, 3.63) is 46.8 Å². The zero-order valence-corrected chi connectivity index (χ0v) is 14.4. The number of hydrogen-bond acceptors (Lipinski definition) is 4. The average molecular weight is 381 g/mol. The first-order valence-electron chi connectivity index (χ1n) is 8.69. The van der Waals surface area contributed by atoms with E-state index in [4.69, 9.17) is 4.74 Å². The van der Waals surface area contributed by atoms with E-state index in [-0.39, 0.29) is 17.6 Å². The Kier molecular flexibility index (Phi) is 4.55. The fraction of sp³-hybridized carbons (Fsp3) is 0.444. The Morgan fingerprint density at radius 2 is 2.07 bits per heavy atom. The Hall–Kier alpha value is -2.55. The number of nitrogens with one attached hydrogen (secondary N) is 1. The Morgan fingerprint density at radius 3 is 2.81 bits per heavy atom. The van der Waals surface area contributed by atoms with Crippen LogP contribution in [-0.4, -0.2) is 47.1 Å².